The average molecular weight is 222 g/mol. The van der Waals surface area contributed by atoms with E-state index in [-0.39, 0.29) is 6.10 Å². The van der Waals surface area contributed by atoms with Crippen molar-refractivity contribution in [3.05, 3.63) is 23.9 Å². The van der Waals surface area contributed by atoms with E-state index in [1.807, 2.05) is 12.1 Å². The molecule has 16 heavy (non-hydrogen) atoms. The van der Waals surface area contributed by atoms with Gasteiger partial charge in [-0.2, -0.15) is 0 Å². The highest BCUT2D eigenvalue weighted by Crippen LogP contribution is 2.14. The molecule has 1 heterocycles. The third kappa shape index (κ3) is 4.19. The maximum Gasteiger partial charge on any atom is 0.213 e. The van der Waals surface area contributed by atoms with Crippen LogP contribution in [0.25, 0.3) is 0 Å². The van der Waals surface area contributed by atoms with Gasteiger partial charge in [-0.3, -0.25) is 0 Å². The molecule has 3 heteroatoms. The van der Waals surface area contributed by atoms with Gasteiger partial charge in [0, 0.05) is 18.8 Å². The predicted octanol–water partition coefficient (Wildman–Crippen LogP) is 2.61. The number of nitrogens with zero attached hydrogens (tertiary/aromatic N) is 1. The number of nitrogens with one attached hydrogen (secondary N) is 1. The third-order valence-electron chi connectivity index (χ3n) is 2.62. The Balaban J connectivity index is 2.59. The largest absolute Gasteiger partial charge is 0.474 e. The molecule has 1 atom stereocenters. The highest BCUT2D eigenvalue weighted by atomic mass is 16.5. The van der Waals surface area contributed by atoms with Crippen LogP contribution in [0.2, 0.25) is 0 Å². The van der Waals surface area contributed by atoms with E-state index in [2.05, 4.69) is 38.0 Å². The van der Waals surface area contributed by atoms with E-state index >= 15 is 0 Å². The summed E-state index contributed by atoms with van der Waals surface area (Å²) < 4.78 is 5.76. The van der Waals surface area contributed by atoms with Crippen LogP contribution in [0.15, 0.2) is 18.3 Å². The summed E-state index contributed by atoms with van der Waals surface area (Å²) in [5.74, 6) is 1.22. The van der Waals surface area contributed by atoms with Gasteiger partial charge in [0.15, 0.2) is 0 Å². The van der Waals surface area contributed by atoms with Crippen LogP contribution in [0.4, 0.5) is 0 Å². The second-order valence-corrected chi connectivity index (χ2v) is 4.35. The van der Waals surface area contributed by atoms with Crippen molar-refractivity contribution in [2.75, 3.05) is 6.54 Å². The fourth-order valence-corrected chi connectivity index (χ4v) is 1.22. The zero-order valence-corrected chi connectivity index (χ0v) is 10.7. The molecule has 1 aromatic heterocycles. The Hall–Kier alpha value is -1.09. The minimum Gasteiger partial charge on any atom is -0.474 e. The van der Waals surface area contributed by atoms with Crippen LogP contribution in [0.1, 0.15) is 33.3 Å². The molecule has 1 unspecified atom stereocenters. The molecule has 0 aliphatic heterocycles. The Morgan fingerprint density at radius 2 is 2.12 bits per heavy atom. The quantitative estimate of drug-likeness (QED) is 0.803. The van der Waals surface area contributed by atoms with Gasteiger partial charge in [-0.15, -0.1) is 0 Å². The molecule has 90 valence electrons. The first kappa shape index (κ1) is 13.0. The molecule has 1 rings (SSSR count). The maximum atomic E-state index is 5.76. The van der Waals surface area contributed by atoms with Gasteiger partial charge in [0.05, 0.1) is 6.10 Å². The minimum absolute atomic E-state index is 0.196. The molecule has 0 saturated carbocycles. The standard InChI is InChI=1S/C13H22N2O/c1-5-14-9-12-6-7-15-13(8-12)16-11(4)10(2)3/h6-8,10-11,14H,5,9H2,1-4H3. The Morgan fingerprint density at radius 1 is 1.38 bits per heavy atom. The van der Waals surface area contributed by atoms with Crippen molar-refractivity contribution in [2.24, 2.45) is 5.92 Å². The second kappa shape index (κ2) is 6.48. The lowest BCUT2D eigenvalue weighted by Gasteiger charge is -2.17. The topological polar surface area (TPSA) is 34.2 Å². The van der Waals surface area contributed by atoms with Crippen LogP contribution < -0.4 is 10.1 Å². The molecule has 0 bridgehead atoms. The van der Waals surface area contributed by atoms with E-state index < -0.39 is 0 Å². The van der Waals surface area contributed by atoms with Crippen molar-refractivity contribution in [3.8, 4) is 5.88 Å². The maximum absolute atomic E-state index is 5.76. The summed E-state index contributed by atoms with van der Waals surface area (Å²) in [5.41, 5.74) is 1.21. The summed E-state index contributed by atoms with van der Waals surface area (Å²) in [4.78, 5) is 4.22. The number of hydrogen-bond acceptors (Lipinski definition) is 3. The van der Waals surface area contributed by atoms with Crippen LogP contribution in [0, 0.1) is 5.92 Å². The van der Waals surface area contributed by atoms with Crippen molar-refractivity contribution in [1.82, 2.24) is 10.3 Å². The Labute approximate surface area is 98.2 Å². The lowest BCUT2D eigenvalue weighted by molar-refractivity contribution is 0.163. The molecule has 0 fully saturated rings. The second-order valence-electron chi connectivity index (χ2n) is 4.35. The number of rotatable bonds is 6. The highest BCUT2D eigenvalue weighted by molar-refractivity contribution is 5.20. The van der Waals surface area contributed by atoms with E-state index in [0.717, 1.165) is 19.0 Å². The molecule has 0 saturated heterocycles. The van der Waals surface area contributed by atoms with Crippen LogP contribution in [0.3, 0.4) is 0 Å². The Kier molecular flexibility index (Phi) is 5.26. The normalized spacial score (nSPS) is 12.8. The van der Waals surface area contributed by atoms with Crippen molar-refractivity contribution in [1.29, 1.82) is 0 Å². The third-order valence-corrected chi connectivity index (χ3v) is 2.62. The van der Waals surface area contributed by atoms with E-state index in [0.29, 0.717) is 5.92 Å². The zero-order valence-electron chi connectivity index (χ0n) is 10.7. The summed E-state index contributed by atoms with van der Waals surface area (Å²) in [6.45, 7) is 10.3. The molecule has 0 aromatic carbocycles. The van der Waals surface area contributed by atoms with Crippen LogP contribution in [-0.2, 0) is 6.54 Å². The first-order valence-corrected chi connectivity index (χ1v) is 5.95. The van der Waals surface area contributed by atoms with Gasteiger partial charge in [-0.1, -0.05) is 20.8 Å². The Morgan fingerprint density at radius 3 is 2.75 bits per heavy atom. The summed E-state index contributed by atoms with van der Waals surface area (Å²) in [6, 6.07) is 4.01. The van der Waals surface area contributed by atoms with Crippen molar-refractivity contribution in [2.45, 2.75) is 40.3 Å². The lowest BCUT2D eigenvalue weighted by atomic mass is 10.1. The van der Waals surface area contributed by atoms with Gasteiger partial charge in [-0.25, -0.2) is 4.98 Å². The summed E-state index contributed by atoms with van der Waals surface area (Å²) in [6.07, 6.45) is 2.00. The SMILES string of the molecule is CCNCc1ccnc(OC(C)C(C)C)c1. The fraction of sp³-hybridized carbons (Fsp3) is 0.615. The molecular weight excluding hydrogens is 200 g/mol. The van der Waals surface area contributed by atoms with Crippen LogP contribution in [0.5, 0.6) is 5.88 Å². The first-order valence-electron chi connectivity index (χ1n) is 5.95. The molecule has 0 spiro atoms. The van der Waals surface area contributed by atoms with Gasteiger partial charge < -0.3 is 10.1 Å². The smallest absolute Gasteiger partial charge is 0.213 e. The molecule has 1 N–H and O–H groups in total. The molecule has 0 radical (unpaired) electrons. The van der Waals surface area contributed by atoms with Gasteiger partial charge in [0.2, 0.25) is 5.88 Å². The van der Waals surface area contributed by atoms with E-state index in [1.165, 1.54) is 5.56 Å². The van der Waals surface area contributed by atoms with Crippen molar-refractivity contribution < 1.29 is 4.74 Å². The number of ether oxygens (including phenoxy) is 1. The number of aromatic nitrogens is 1. The summed E-state index contributed by atoms with van der Waals surface area (Å²) >= 11 is 0. The monoisotopic (exact) mass is 222 g/mol. The Bertz CT molecular complexity index is 313. The van der Waals surface area contributed by atoms with Crippen molar-refractivity contribution >= 4 is 0 Å². The zero-order chi connectivity index (χ0) is 12.0. The van der Waals surface area contributed by atoms with E-state index in [4.69, 9.17) is 4.74 Å². The van der Waals surface area contributed by atoms with Gasteiger partial charge >= 0.3 is 0 Å². The number of pyridine rings is 1. The van der Waals surface area contributed by atoms with E-state index in [1.54, 1.807) is 6.20 Å². The van der Waals surface area contributed by atoms with E-state index in [9.17, 15) is 0 Å². The predicted molar refractivity (Wildman–Crippen MR) is 66.5 cm³/mol. The minimum atomic E-state index is 0.196. The highest BCUT2D eigenvalue weighted by Gasteiger charge is 2.09. The van der Waals surface area contributed by atoms with Crippen molar-refractivity contribution in [3.63, 3.8) is 0 Å². The lowest BCUT2D eigenvalue weighted by Crippen LogP contribution is -2.19. The first-order chi connectivity index (χ1) is 7.63. The van der Waals surface area contributed by atoms with Gasteiger partial charge in [-0.05, 0) is 31.0 Å². The van der Waals surface area contributed by atoms with Crippen LogP contribution >= 0.6 is 0 Å². The number of hydrogen-bond donors (Lipinski definition) is 1. The van der Waals surface area contributed by atoms with Gasteiger partial charge in [0.25, 0.3) is 0 Å². The van der Waals surface area contributed by atoms with Crippen LogP contribution in [-0.4, -0.2) is 17.6 Å². The fourth-order valence-electron chi connectivity index (χ4n) is 1.22. The van der Waals surface area contributed by atoms with Gasteiger partial charge in [0.1, 0.15) is 0 Å². The molecule has 0 amide bonds. The summed E-state index contributed by atoms with van der Waals surface area (Å²) in [5, 5.41) is 3.28. The molecule has 0 aliphatic rings. The average Bonchev–Trinajstić information content (AvgIpc) is 2.26. The molecule has 1 aromatic rings. The molecule has 0 aliphatic carbocycles. The summed E-state index contributed by atoms with van der Waals surface area (Å²) in [7, 11) is 0. The molecule has 3 nitrogen and oxygen atoms in total. The molecular formula is C13H22N2O.